The van der Waals surface area contributed by atoms with Gasteiger partial charge in [0, 0.05) is 12.6 Å². The van der Waals surface area contributed by atoms with E-state index in [1.807, 2.05) is 13.8 Å². The van der Waals surface area contributed by atoms with Crippen LogP contribution in [0.15, 0.2) is 0 Å². The number of hydrogen-bond acceptors (Lipinski definition) is 2. The zero-order valence-corrected chi connectivity index (χ0v) is 11.1. The van der Waals surface area contributed by atoms with Crippen molar-refractivity contribution in [1.29, 1.82) is 0 Å². The lowest BCUT2D eigenvalue weighted by atomic mass is 9.77. The first-order chi connectivity index (χ1) is 8.44. The predicted molar refractivity (Wildman–Crippen MR) is 67.3 cm³/mol. The van der Waals surface area contributed by atoms with Crippen LogP contribution in [-0.2, 0) is 4.79 Å². The highest BCUT2D eigenvalue weighted by Crippen LogP contribution is 2.33. The van der Waals surface area contributed by atoms with Gasteiger partial charge in [-0.25, -0.2) is 9.59 Å². The van der Waals surface area contributed by atoms with Gasteiger partial charge in [0.2, 0.25) is 0 Å². The average molecular weight is 254 g/mol. The molecular weight excluding hydrogens is 232 g/mol. The molecule has 0 radical (unpaired) electrons. The number of rotatable bonds is 5. The molecule has 0 aromatic heterocycles. The normalized spacial score (nSPS) is 21.3. The highest BCUT2D eigenvalue weighted by atomic mass is 16.4. The summed E-state index contributed by atoms with van der Waals surface area (Å²) in [6.45, 7) is 4.69. The smallest absolute Gasteiger partial charge is 0.329 e. The van der Waals surface area contributed by atoms with E-state index in [0.717, 1.165) is 13.0 Å². The van der Waals surface area contributed by atoms with Crippen LogP contribution in [0.1, 0.15) is 46.0 Å². The Morgan fingerprint density at radius 3 is 2.33 bits per heavy atom. The monoisotopic (exact) mass is 254 g/mol. The van der Waals surface area contributed by atoms with Gasteiger partial charge in [0.25, 0.3) is 0 Å². The topological polar surface area (TPSA) is 69.6 Å². The second-order valence-electron chi connectivity index (χ2n) is 5.86. The first kappa shape index (κ1) is 13.2. The molecule has 102 valence electrons. The molecule has 0 aromatic carbocycles. The van der Waals surface area contributed by atoms with Crippen LogP contribution >= 0.6 is 0 Å². The Morgan fingerprint density at radius 2 is 2.00 bits per heavy atom. The largest absolute Gasteiger partial charge is 0.480 e. The van der Waals surface area contributed by atoms with Crippen LogP contribution in [0.3, 0.4) is 0 Å². The van der Waals surface area contributed by atoms with E-state index in [4.69, 9.17) is 0 Å². The lowest BCUT2D eigenvalue weighted by molar-refractivity contribution is -0.148. The molecule has 2 amide bonds. The van der Waals surface area contributed by atoms with Crippen molar-refractivity contribution in [1.82, 2.24) is 10.2 Å². The molecule has 0 heterocycles. The Morgan fingerprint density at radius 1 is 1.39 bits per heavy atom. The second kappa shape index (κ2) is 4.78. The first-order valence-corrected chi connectivity index (χ1v) is 6.77. The summed E-state index contributed by atoms with van der Waals surface area (Å²) in [5, 5.41) is 11.9. The molecule has 0 unspecified atom stereocenters. The standard InChI is InChI=1S/C13H22N2O3/c1-9(2)15(8-10-4-5-10)12(18)14-13(11(16)17)6-3-7-13/h9-10H,3-8H2,1-2H3,(H,14,18)(H,16,17). The van der Waals surface area contributed by atoms with Gasteiger partial charge >= 0.3 is 12.0 Å². The van der Waals surface area contributed by atoms with E-state index in [0.29, 0.717) is 18.8 Å². The zero-order chi connectivity index (χ0) is 13.3. The van der Waals surface area contributed by atoms with Gasteiger partial charge in [0.15, 0.2) is 0 Å². The summed E-state index contributed by atoms with van der Waals surface area (Å²) in [6.07, 6.45) is 4.32. The van der Waals surface area contributed by atoms with E-state index >= 15 is 0 Å². The molecule has 2 rings (SSSR count). The number of nitrogens with zero attached hydrogens (tertiary/aromatic N) is 1. The molecular formula is C13H22N2O3. The Hall–Kier alpha value is -1.26. The lowest BCUT2D eigenvalue weighted by Crippen LogP contribution is -2.62. The molecule has 2 saturated carbocycles. The maximum Gasteiger partial charge on any atom is 0.329 e. The van der Waals surface area contributed by atoms with Crippen LogP contribution in [0.25, 0.3) is 0 Å². The van der Waals surface area contributed by atoms with E-state index in [9.17, 15) is 14.7 Å². The molecule has 0 spiro atoms. The van der Waals surface area contributed by atoms with Crippen molar-refractivity contribution in [3.8, 4) is 0 Å². The third-order valence-electron chi connectivity index (χ3n) is 4.00. The minimum absolute atomic E-state index is 0.108. The van der Waals surface area contributed by atoms with Crippen molar-refractivity contribution in [2.24, 2.45) is 5.92 Å². The number of carboxylic acid groups (broad SMARTS) is 1. The van der Waals surface area contributed by atoms with Crippen LogP contribution < -0.4 is 5.32 Å². The SMILES string of the molecule is CC(C)N(CC1CC1)C(=O)NC1(C(=O)O)CCC1. The number of urea groups is 1. The van der Waals surface area contributed by atoms with Gasteiger partial charge in [-0.1, -0.05) is 0 Å². The van der Waals surface area contributed by atoms with Gasteiger partial charge in [-0.15, -0.1) is 0 Å². The summed E-state index contributed by atoms with van der Waals surface area (Å²) in [5.41, 5.74) is -1.01. The molecule has 0 atom stereocenters. The zero-order valence-electron chi connectivity index (χ0n) is 11.1. The highest BCUT2D eigenvalue weighted by Gasteiger charge is 2.46. The molecule has 0 bridgehead atoms. The molecule has 18 heavy (non-hydrogen) atoms. The van der Waals surface area contributed by atoms with E-state index in [-0.39, 0.29) is 12.1 Å². The Labute approximate surface area is 108 Å². The minimum Gasteiger partial charge on any atom is -0.480 e. The first-order valence-electron chi connectivity index (χ1n) is 6.77. The molecule has 2 aliphatic carbocycles. The van der Waals surface area contributed by atoms with E-state index in [1.54, 1.807) is 4.90 Å². The Kier molecular flexibility index (Phi) is 3.50. The number of nitrogens with one attached hydrogen (secondary N) is 1. The van der Waals surface area contributed by atoms with Crippen LogP contribution in [0.4, 0.5) is 4.79 Å². The van der Waals surface area contributed by atoms with Crippen LogP contribution in [0.5, 0.6) is 0 Å². The summed E-state index contributed by atoms with van der Waals surface area (Å²) in [6, 6.07) is -0.115. The van der Waals surface area contributed by atoms with Gasteiger partial charge in [-0.3, -0.25) is 0 Å². The highest BCUT2D eigenvalue weighted by molar-refractivity contribution is 5.87. The maximum atomic E-state index is 12.2. The molecule has 2 aliphatic rings. The second-order valence-corrected chi connectivity index (χ2v) is 5.86. The summed E-state index contributed by atoms with van der Waals surface area (Å²) in [7, 11) is 0. The molecule has 5 heteroatoms. The van der Waals surface area contributed by atoms with Crippen molar-refractivity contribution in [3.05, 3.63) is 0 Å². The average Bonchev–Trinajstić information content (AvgIpc) is 3.02. The summed E-state index contributed by atoms with van der Waals surface area (Å²) in [4.78, 5) is 25.2. The molecule has 2 fully saturated rings. The predicted octanol–water partition coefficient (Wildman–Crippen LogP) is 1.82. The summed E-state index contributed by atoms with van der Waals surface area (Å²) < 4.78 is 0. The fourth-order valence-corrected chi connectivity index (χ4v) is 2.31. The summed E-state index contributed by atoms with van der Waals surface area (Å²) in [5.74, 6) is -0.294. The Balaban J connectivity index is 1.97. The third-order valence-corrected chi connectivity index (χ3v) is 4.00. The van der Waals surface area contributed by atoms with Gasteiger partial charge in [0.05, 0.1) is 0 Å². The van der Waals surface area contributed by atoms with Crippen molar-refractivity contribution in [2.75, 3.05) is 6.54 Å². The van der Waals surface area contributed by atoms with Crippen LogP contribution in [0.2, 0.25) is 0 Å². The van der Waals surface area contributed by atoms with Crippen molar-refractivity contribution >= 4 is 12.0 Å². The van der Waals surface area contributed by atoms with Crippen LogP contribution in [-0.4, -0.2) is 40.1 Å². The van der Waals surface area contributed by atoms with Gasteiger partial charge in [0.1, 0.15) is 5.54 Å². The summed E-state index contributed by atoms with van der Waals surface area (Å²) >= 11 is 0. The molecule has 2 N–H and O–H groups in total. The maximum absolute atomic E-state index is 12.2. The fourth-order valence-electron chi connectivity index (χ4n) is 2.31. The molecule has 5 nitrogen and oxygen atoms in total. The molecule has 0 aromatic rings. The van der Waals surface area contributed by atoms with Crippen molar-refractivity contribution in [3.63, 3.8) is 0 Å². The fraction of sp³-hybridized carbons (Fsp3) is 0.846. The number of amides is 2. The number of carboxylic acids is 1. The van der Waals surface area contributed by atoms with E-state index in [2.05, 4.69) is 5.32 Å². The lowest BCUT2D eigenvalue weighted by Gasteiger charge is -2.40. The quantitative estimate of drug-likeness (QED) is 0.786. The number of aliphatic carboxylic acids is 1. The molecule has 0 saturated heterocycles. The Bertz CT molecular complexity index is 346. The van der Waals surface area contributed by atoms with Gasteiger partial charge < -0.3 is 15.3 Å². The molecule has 0 aliphatic heterocycles. The van der Waals surface area contributed by atoms with Crippen molar-refractivity contribution < 1.29 is 14.7 Å². The number of hydrogen-bond donors (Lipinski definition) is 2. The number of carbonyl (C=O) groups excluding carboxylic acids is 1. The minimum atomic E-state index is -1.01. The van der Waals surface area contributed by atoms with E-state index < -0.39 is 11.5 Å². The van der Waals surface area contributed by atoms with E-state index in [1.165, 1.54) is 12.8 Å². The third kappa shape index (κ3) is 2.60. The number of carbonyl (C=O) groups is 2. The van der Waals surface area contributed by atoms with Crippen LogP contribution in [0, 0.1) is 5.92 Å². The van der Waals surface area contributed by atoms with Crippen molar-refractivity contribution in [2.45, 2.75) is 57.5 Å². The van der Waals surface area contributed by atoms with Gasteiger partial charge in [-0.05, 0) is 51.9 Å². The van der Waals surface area contributed by atoms with Gasteiger partial charge in [-0.2, -0.15) is 0 Å².